The fraction of sp³-hybridized carbons (Fsp3) is 1.00. The Bertz CT molecular complexity index is 322. The minimum absolute atomic E-state index is 0.196. The van der Waals surface area contributed by atoms with Crippen LogP contribution in [-0.4, -0.2) is 35.2 Å². The molecule has 0 aromatic rings. The zero-order valence-electron chi connectivity index (χ0n) is 12.5. The topological polar surface area (TPSA) is 29.3 Å². The zero-order valence-corrected chi connectivity index (χ0v) is 12.5. The summed E-state index contributed by atoms with van der Waals surface area (Å²) >= 11 is 0. The number of halogens is 3. The van der Waals surface area contributed by atoms with Gasteiger partial charge in [0.25, 0.3) is 0 Å². The lowest BCUT2D eigenvalue weighted by atomic mass is 9.74. The number of hydrogen-bond donors (Lipinski definition) is 1. The molecular formula is C15H27F3N2. The SMILES string of the molecule is CCC1CCC(C)N1C1(CN)CCC(C(F)(F)F)CC1. The molecule has 1 aliphatic carbocycles. The van der Waals surface area contributed by atoms with Gasteiger partial charge in [-0.1, -0.05) is 6.92 Å². The third-order valence-corrected chi connectivity index (χ3v) is 5.56. The first-order valence-corrected chi connectivity index (χ1v) is 7.89. The standard InChI is InChI=1S/C15H27F3N2/c1-3-13-5-4-11(2)20(13)14(10-19)8-6-12(7-9-14)15(16,17)18/h11-13H,3-10,19H2,1-2H3. The smallest absolute Gasteiger partial charge is 0.329 e. The average Bonchev–Trinajstić information content (AvgIpc) is 2.79. The van der Waals surface area contributed by atoms with E-state index in [9.17, 15) is 13.2 Å². The van der Waals surface area contributed by atoms with Gasteiger partial charge in [0, 0.05) is 24.2 Å². The molecule has 2 fully saturated rings. The molecule has 118 valence electrons. The minimum Gasteiger partial charge on any atom is -0.329 e. The molecule has 0 amide bonds. The van der Waals surface area contributed by atoms with Crippen molar-refractivity contribution in [3.8, 4) is 0 Å². The summed E-state index contributed by atoms with van der Waals surface area (Å²) in [6, 6.07) is 0.946. The van der Waals surface area contributed by atoms with Crippen molar-refractivity contribution in [2.75, 3.05) is 6.54 Å². The highest BCUT2D eigenvalue weighted by molar-refractivity contribution is 5.03. The second kappa shape index (κ2) is 5.84. The lowest BCUT2D eigenvalue weighted by Crippen LogP contribution is -2.60. The number of rotatable bonds is 3. The van der Waals surface area contributed by atoms with Crippen molar-refractivity contribution in [3.05, 3.63) is 0 Å². The summed E-state index contributed by atoms with van der Waals surface area (Å²) in [5, 5.41) is 0. The largest absolute Gasteiger partial charge is 0.391 e. The van der Waals surface area contributed by atoms with E-state index in [1.165, 1.54) is 0 Å². The van der Waals surface area contributed by atoms with Crippen LogP contribution in [0.25, 0.3) is 0 Å². The van der Waals surface area contributed by atoms with Crippen LogP contribution in [0.3, 0.4) is 0 Å². The van der Waals surface area contributed by atoms with E-state index in [2.05, 4.69) is 18.7 Å². The molecule has 2 nitrogen and oxygen atoms in total. The van der Waals surface area contributed by atoms with Crippen LogP contribution in [-0.2, 0) is 0 Å². The summed E-state index contributed by atoms with van der Waals surface area (Å²) in [5.74, 6) is -1.12. The number of likely N-dealkylation sites (tertiary alicyclic amines) is 1. The van der Waals surface area contributed by atoms with Crippen LogP contribution in [0.1, 0.15) is 58.8 Å². The lowest BCUT2D eigenvalue weighted by Gasteiger charge is -2.50. The molecule has 2 N–H and O–H groups in total. The lowest BCUT2D eigenvalue weighted by molar-refractivity contribution is -0.189. The molecule has 0 aromatic carbocycles. The predicted octanol–water partition coefficient (Wildman–Crippen LogP) is 3.70. The first-order valence-electron chi connectivity index (χ1n) is 7.89. The van der Waals surface area contributed by atoms with Gasteiger partial charge < -0.3 is 5.73 Å². The third-order valence-electron chi connectivity index (χ3n) is 5.56. The molecular weight excluding hydrogens is 265 g/mol. The van der Waals surface area contributed by atoms with Crippen molar-refractivity contribution >= 4 is 0 Å². The van der Waals surface area contributed by atoms with Crippen LogP contribution in [0.2, 0.25) is 0 Å². The van der Waals surface area contributed by atoms with Gasteiger partial charge in [-0.25, -0.2) is 0 Å². The van der Waals surface area contributed by atoms with E-state index in [-0.39, 0.29) is 18.4 Å². The van der Waals surface area contributed by atoms with Gasteiger partial charge in [0.05, 0.1) is 5.92 Å². The van der Waals surface area contributed by atoms with Crippen molar-refractivity contribution in [2.24, 2.45) is 11.7 Å². The van der Waals surface area contributed by atoms with Crippen molar-refractivity contribution in [1.29, 1.82) is 0 Å². The van der Waals surface area contributed by atoms with E-state index in [1.807, 2.05) is 0 Å². The first-order chi connectivity index (χ1) is 9.34. The monoisotopic (exact) mass is 292 g/mol. The molecule has 0 radical (unpaired) electrons. The summed E-state index contributed by atoms with van der Waals surface area (Å²) in [5.41, 5.74) is 5.83. The van der Waals surface area contributed by atoms with Gasteiger partial charge in [0.15, 0.2) is 0 Å². The number of nitrogens with zero attached hydrogens (tertiary/aromatic N) is 1. The fourth-order valence-corrected chi connectivity index (χ4v) is 4.38. The van der Waals surface area contributed by atoms with Gasteiger partial charge in [-0.3, -0.25) is 4.90 Å². The van der Waals surface area contributed by atoms with Crippen LogP contribution in [0.15, 0.2) is 0 Å². The average molecular weight is 292 g/mol. The normalized spacial score (nSPS) is 40.2. The number of hydrogen-bond acceptors (Lipinski definition) is 2. The van der Waals surface area contributed by atoms with E-state index in [1.54, 1.807) is 0 Å². The van der Waals surface area contributed by atoms with Gasteiger partial charge >= 0.3 is 6.18 Å². The third kappa shape index (κ3) is 2.84. The maximum absolute atomic E-state index is 12.8. The second-order valence-electron chi connectivity index (χ2n) is 6.64. The van der Waals surface area contributed by atoms with Crippen molar-refractivity contribution in [3.63, 3.8) is 0 Å². The molecule has 1 aliphatic heterocycles. The van der Waals surface area contributed by atoms with E-state index >= 15 is 0 Å². The van der Waals surface area contributed by atoms with E-state index in [4.69, 9.17) is 5.73 Å². The molecule has 20 heavy (non-hydrogen) atoms. The van der Waals surface area contributed by atoms with Crippen molar-refractivity contribution in [1.82, 2.24) is 4.90 Å². The highest BCUT2D eigenvalue weighted by Crippen LogP contribution is 2.46. The number of nitrogens with two attached hydrogens (primary N) is 1. The fourth-order valence-electron chi connectivity index (χ4n) is 4.38. The summed E-state index contributed by atoms with van der Waals surface area (Å²) in [4.78, 5) is 2.47. The Morgan fingerprint density at radius 1 is 1.15 bits per heavy atom. The van der Waals surface area contributed by atoms with Crippen LogP contribution >= 0.6 is 0 Å². The molecule has 2 aliphatic rings. The van der Waals surface area contributed by atoms with E-state index in [0.29, 0.717) is 31.5 Å². The first kappa shape index (κ1) is 16.1. The molecule has 0 aromatic heterocycles. The molecule has 2 unspecified atom stereocenters. The maximum atomic E-state index is 12.8. The summed E-state index contributed by atoms with van der Waals surface area (Å²) in [6.45, 7) is 4.85. The van der Waals surface area contributed by atoms with Crippen LogP contribution < -0.4 is 5.73 Å². The molecule has 1 heterocycles. The molecule has 1 saturated heterocycles. The Labute approximate surface area is 119 Å². The quantitative estimate of drug-likeness (QED) is 0.859. The van der Waals surface area contributed by atoms with Gasteiger partial charge in [0.1, 0.15) is 0 Å². The molecule has 2 atom stereocenters. The Hall–Kier alpha value is -0.290. The van der Waals surface area contributed by atoms with E-state index < -0.39 is 12.1 Å². The summed E-state index contributed by atoms with van der Waals surface area (Å²) < 4.78 is 38.5. The van der Waals surface area contributed by atoms with Crippen molar-refractivity contribution in [2.45, 2.75) is 82.6 Å². The Balaban J connectivity index is 2.12. The van der Waals surface area contributed by atoms with Crippen molar-refractivity contribution < 1.29 is 13.2 Å². The maximum Gasteiger partial charge on any atom is 0.391 e. The van der Waals surface area contributed by atoms with Gasteiger partial charge in [-0.05, 0) is 51.9 Å². The van der Waals surface area contributed by atoms with E-state index in [0.717, 1.165) is 19.3 Å². The molecule has 2 rings (SSSR count). The van der Waals surface area contributed by atoms with Crippen LogP contribution in [0.4, 0.5) is 13.2 Å². The Kier molecular flexibility index (Phi) is 4.69. The zero-order chi connectivity index (χ0) is 15.0. The van der Waals surface area contributed by atoms with Gasteiger partial charge in [-0.2, -0.15) is 13.2 Å². The minimum atomic E-state index is -4.04. The molecule has 0 bridgehead atoms. The highest BCUT2D eigenvalue weighted by Gasteiger charge is 2.50. The van der Waals surface area contributed by atoms with Crippen LogP contribution in [0, 0.1) is 5.92 Å². The summed E-state index contributed by atoms with van der Waals surface area (Å²) in [6.07, 6.45) is 0.977. The summed E-state index contributed by atoms with van der Waals surface area (Å²) in [7, 11) is 0. The Morgan fingerprint density at radius 3 is 2.20 bits per heavy atom. The van der Waals surface area contributed by atoms with Gasteiger partial charge in [0.2, 0.25) is 0 Å². The highest BCUT2D eigenvalue weighted by atomic mass is 19.4. The predicted molar refractivity (Wildman–Crippen MR) is 74.4 cm³/mol. The molecule has 5 heteroatoms. The second-order valence-corrected chi connectivity index (χ2v) is 6.64. The Morgan fingerprint density at radius 2 is 1.75 bits per heavy atom. The number of alkyl halides is 3. The molecule has 1 saturated carbocycles. The van der Waals surface area contributed by atoms with Gasteiger partial charge in [-0.15, -0.1) is 0 Å². The molecule has 0 spiro atoms. The van der Waals surface area contributed by atoms with Crippen LogP contribution in [0.5, 0.6) is 0 Å².